The van der Waals surface area contributed by atoms with Crippen molar-refractivity contribution in [2.75, 3.05) is 12.3 Å². The highest BCUT2D eigenvalue weighted by Crippen LogP contribution is 2.24. The predicted octanol–water partition coefficient (Wildman–Crippen LogP) is 3.40. The Balaban J connectivity index is 1.39. The third-order valence-electron chi connectivity index (χ3n) is 5.28. The second-order valence-corrected chi connectivity index (χ2v) is 7.44. The summed E-state index contributed by atoms with van der Waals surface area (Å²) in [6.07, 6.45) is 4.70. The molecular weight excluding hydrogens is 421 g/mol. The fourth-order valence-electron chi connectivity index (χ4n) is 3.75. The molecule has 2 N–H and O–H groups in total. The van der Waals surface area contributed by atoms with Crippen LogP contribution in [0.15, 0.2) is 41.1 Å². The second-order valence-electron chi connectivity index (χ2n) is 7.44. The lowest BCUT2D eigenvalue weighted by molar-refractivity contribution is 0.278. The number of halogens is 3. The summed E-state index contributed by atoms with van der Waals surface area (Å²) >= 11 is 0. The van der Waals surface area contributed by atoms with E-state index in [9.17, 15) is 13.2 Å². The Morgan fingerprint density at radius 1 is 1.19 bits per heavy atom. The van der Waals surface area contributed by atoms with Crippen LogP contribution in [0.4, 0.5) is 19.0 Å². The van der Waals surface area contributed by atoms with Crippen LogP contribution in [-0.2, 0) is 6.54 Å². The third-order valence-corrected chi connectivity index (χ3v) is 5.28. The number of benzene rings is 1. The first-order chi connectivity index (χ1) is 15.5. The maximum atomic E-state index is 14.1. The number of hydrogen-bond donors (Lipinski definition) is 1. The normalized spacial score (nSPS) is 16.4. The van der Waals surface area contributed by atoms with Crippen molar-refractivity contribution in [3.05, 3.63) is 65.4 Å². The third kappa shape index (κ3) is 3.78. The summed E-state index contributed by atoms with van der Waals surface area (Å²) in [5.41, 5.74) is 6.62. The van der Waals surface area contributed by atoms with Gasteiger partial charge in [-0.05, 0) is 37.4 Å². The number of likely N-dealkylation sites (tertiary alicyclic amines) is 1. The Labute approximate surface area is 180 Å². The van der Waals surface area contributed by atoms with E-state index < -0.39 is 17.5 Å². The zero-order valence-electron chi connectivity index (χ0n) is 16.7. The quantitative estimate of drug-likeness (QED) is 0.494. The molecule has 162 valence electrons. The van der Waals surface area contributed by atoms with Gasteiger partial charge in [0.2, 0.25) is 5.82 Å². The van der Waals surface area contributed by atoms with E-state index in [1.54, 1.807) is 18.3 Å². The van der Waals surface area contributed by atoms with Crippen molar-refractivity contribution in [1.82, 2.24) is 24.5 Å². The molecule has 0 radical (unpaired) electrons. The van der Waals surface area contributed by atoms with Gasteiger partial charge in [-0.1, -0.05) is 5.92 Å². The number of rotatable bonds is 3. The van der Waals surface area contributed by atoms with Gasteiger partial charge < -0.3 is 10.2 Å². The molecule has 1 aromatic carbocycles. The first-order valence-corrected chi connectivity index (χ1v) is 9.94. The van der Waals surface area contributed by atoms with E-state index in [4.69, 9.17) is 10.2 Å². The first-order valence-electron chi connectivity index (χ1n) is 9.94. The largest absolute Gasteiger partial charge is 0.461 e. The Bertz CT molecular complexity index is 1330. The minimum Gasteiger partial charge on any atom is -0.461 e. The van der Waals surface area contributed by atoms with E-state index in [2.05, 4.69) is 26.9 Å². The minimum absolute atomic E-state index is 0.00147. The zero-order chi connectivity index (χ0) is 22.2. The lowest BCUT2D eigenvalue weighted by Gasteiger charge is -2.20. The molecular formula is C22H17F3N6O. The number of anilines is 1. The summed E-state index contributed by atoms with van der Waals surface area (Å²) in [5.74, 6) is 4.38. The van der Waals surface area contributed by atoms with E-state index >= 15 is 0 Å². The molecule has 1 unspecified atom stereocenters. The number of hydrogen-bond acceptors (Lipinski definition) is 6. The monoisotopic (exact) mass is 438 g/mol. The number of aromatic nitrogens is 4. The van der Waals surface area contributed by atoms with Gasteiger partial charge in [0.25, 0.3) is 0 Å². The van der Waals surface area contributed by atoms with E-state index in [0.717, 1.165) is 12.8 Å². The van der Waals surface area contributed by atoms with Crippen molar-refractivity contribution >= 4 is 11.5 Å². The van der Waals surface area contributed by atoms with Crippen LogP contribution in [0, 0.1) is 29.3 Å². The van der Waals surface area contributed by atoms with Crippen LogP contribution in [-0.4, -0.2) is 37.1 Å². The maximum absolute atomic E-state index is 14.1. The fourth-order valence-corrected chi connectivity index (χ4v) is 3.75. The molecule has 32 heavy (non-hydrogen) atoms. The highest BCUT2D eigenvalue weighted by atomic mass is 19.1. The number of nitrogens with zero attached hydrogens (tertiary/aromatic N) is 5. The summed E-state index contributed by atoms with van der Waals surface area (Å²) < 4.78 is 48.1. The molecule has 10 heteroatoms. The topological polar surface area (TPSA) is 85.5 Å². The Hall–Kier alpha value is -3.84. The number of fused-ring (bicyclic) bond motifs is 1. The summed E-state index contributed by atoms with van der Waals surface area (Å²) in [6, 6.07) is 4.61. The lowest BCUT2D eigenvalue weighted by atomic mass is 10.1. The van der Waals surface area contributed by atoms with E-state index in [1.165, 1.54) is 10.8 Å². The SMILES string of the molecule is Nc1nc(C#CC2CCCN2Cc2c(F)cc(F)cc2F)cn2nc(-c3ccco3)nc12. The van der Waals surface area contributed by atoms with Crippen molar-refractivity contribution in [2.45, 2.75) is 25.4 Å². The molecule has 4 heterocycles. The first kappa shape index (κ1) is 20.1. The number of nitrogen functional groups attached to an aromatic ring is 1. The summed E-state index contributed by atoms with van der Waals surface area (Å²) in [7, 11) is 0. The Morgan fingerprint density at radius 3 is 2.75 bits per heavy atom. The summed E-state index contributed by atoms with van der Waals surface area (Å²) in [5, 5.41) is 4.35. The molecule has 1 saturated heterocycles. The average molecular weight is 438 g/mol. The van der Waals surface area contributed by atoms with Gasteiger partial charge in [-0.25, -0.2) is 27.7 Å². The number of nitrogens with two attached hydrogens (primary N) is 1. The molecule has 1 fully saturated rings. The Morgan fingerprint density at radius 2 is 2.00 bits per heavy atom. The van der Waals surface area contributed by atoms with Crippen LogP contribution in [0.5, 0.6) is 0 Å². The molecule has 5 rings (SSSR count). The van der Waals surface area contributed by atoms with Gasteiger partial charge in [-0.2, -0.15) is 0 Å². The molecule has 1 aliphatic heterocycles. The molecule has 0 amide bonds. The molecule has 1 atom stereocenters. The molecule has 0 saturated carbocycles. The minimum atomic E-state index is -0.941. The smallest absolute Gasteiger partial charge is 0.218 e. The van der Waals surface area contributed by atoms with Crippen molar-refractivity contribution in [2.24, 2.45) is 0 Å². The fraction of sp³-hybridized carbons (Fsp3) is 0.227. The van der Waals surface area contributed by atoms with Crippen LogP contribution >= 0.6 is 0 Å². The van der Waals surface area contributed by atoms with Crippen LogP contribution < -0.4 is 5.73 Å². The molecule has 4 aromatic rings. The number of furan rings is 1. The van der Waals surface area contributed by atoms with Gasteiger partial charge in [0.05, 0.1) is 18.5 Å². The van der Waals surface area contributed by atoms with Crippen LogP contribution in [0.1, 0.15) is 24.1 Å². The van der Waals surface area contributed by atoms with Gasteiger partial charge in [-0.15, -0.1) is 5.10 Å². The Kier molecular flexibility index (Phi) is 5.03. The highest BCUT2D eigenvalue weighted by Gasteiger charge is 2.25. The summed E-state index contributed by atoms with van der Waals surface area (Å²) in [4.78, 5) is 10.5. The predicted molar refractivity (Wildman–Crippen MR) is 110 cm³/mol. The van der Waals surface area contributed by atoms with Crippen LogP contribution in [0.25, 0.3) is 17.2 Å². The average Bonchev–Trinajstić information content (AvgIpc) is 3.49. The molecule has 7 nitrogen and oxygen atoms in total. The van der Waals surface area contributed by atoms with Gasteiger partial charge in [0, 0.05) is 24.2 Å². The van der Waals surface area contributed by atoms with Crippen molar-refractivity contribution in [3.8, 4) is 23.4 Å². The van der Waals surface area contributed by atoms with Gasteiger partial charge in [0.1, 0.15) is 23.1 Å². The molecule has 0 spiro atoms. The highest BCUT2D eigenvalue weighted by molar-refractivity contribution is 5.63. The zero-order valence-corrected chi connectivity index (χ0v) is 16.7. The maximum Gasteiger partial charge on any atom is 0.218 e. The molecule has 3 aromatic heterocycles. The van der Waals surface area contributed by atoms with Crippen molar-refractivity contribution < 1.29 is 17.6 Å². The van der Waals surface area contributed by atoms with Gasteiger partial charge >= 0.3 is 0 Å². The van der Waals surface area contributed by atoms with E-state index in [1.807, 2.05) is 4.90 Å². The van der Waals surface area contributed by atoms with Crippen molar-refractivity contribution in [1.29, 1.82) is 0 Å². The van der Waals surface area contributed by atoms with E-state index in [-0.39, 0.29) is 24.0 Å². The van der Waals surface area contributed by atoms with Crippen LogP contribution in [0.3, 0.4) is 0 Å². The lowest BCUT2D eigenvalue weighted by Crippen LogP contribution is -2.28. The second kappa shape index (κ2) is 8.01. The van der Waals surface area contributed by atoms with Gasteiger partial charge in [0.15, 0.2) is 17.2 Å². The molecule has 0 aliphatic carbocycles. The molecule has 0 bridgehead atoms. The van der Waals surface area contributed by atoms with Gasteiger partial charge in [-0.3, -0.25) is 4.90 Å². The summed E-state index contributed by atoms with van der Waals surface area (Å²) in [6.45, 7) is 0.626. The van der Waals surface area contributed by atoms with Crippen molar-refractivity contribution in [3.63, 3.8) is 0 Å². The van der Waals surface area contributed by atoms with E-state index in [0.29, 0.717) is 41.6 Å². The van der Waals surface area contributed by atoms with Crippen LogP contribution in [0.2, 0.25) is 0 Å². The molecule has 1 aliphatic rings. The standard InChI is InChI=1S/C22H17F3N6O/c23-13-9-17(24)16(18(25)10-13)12-30-7-1-3-15(30)6-5-14-11-31-22(20(26)27-14)28-21(29-31)19-4-2-8-32-19/h2,4,8-11,15H,1,3,7,12H2,(H2,26,27).